The van der Waals surface area contributed by atoms with E-state index in [1.807, 2.05) is 38.2 Å². The molecule has 1 N–H and O–H groups in total. The van der Waals surface area contributed by atoms with Crippen LogP contribution < -0.4 is 10.4 Å². The number of aliphatic hydroxyl groups excluding tert-OH is 1. The van der Waals surface area contributed by atoms with Crippen LogP contribution in [-0.2, 0) is 13.9 Å². The van der Waals surface area contributed by atoms with Crippen molar-refractivity contribution in [2.75, 3.05) is 13.2 Å². The Hall–Kier alpha value is -2.24. The van der Waals surface area contributed by atoms with Crippen LogP contribution >= 0.6 is 23.4 Å². The van der Waals surface area contributed by atoms with Crippen LogP contribution in [0.5, 0.6) is 0 Å². The number of thioether (sulfide) groups is 1. The monoisotopic (exact) mass is 609 g/mol. The minimum absolute atomic E-state index is 0.137. The van der Waals surface area contributed by atoms with Crippen molar-refractivity contribution in [3.8, 4) is 0 Å². The lowest BCUT2D eigenvalue weighted by atomic mass is 9.99. The van der Waals surface area contributed by atoms with E-state index < -0.39 is 25.0 Å². The Kier molecular flexibility index (Phi) is 7.38. The Labute approximate surface area is 251 Å². The normalized spacial score (nSPS) is 26.0. The average Bonchev–Trinajstić information content (AvgIpc) is 3.60. The predicted octanol–water partition coefficient (Wildman–Crippen LogP) is 5.16. The zero-order valence-corrected chi connectivity index (χ0v) is 26.5. The Morgan fingerprint density at radius 3 is 2.22 bits per heavy atom. The minimum atomic E-state index is -2.86. The summed E-state index contributed by atoms with van der Waals surface area (Å²) in [5, 5.41) is 14.3. The summed E-state index contributed by atoms with van der Waals surface area (Å²) in [6, 6.07) is 23.0. The van der Waals surface area contributed by atoms with Gasteiger partial charge in [-0.3, -0.25) is 0 Å². The van der Waals surface area contributed by atoms with Crippen molar-refractivity contribution in [1.29, 1.82) is 0 Å². The molecular formula is C31H36ClN3O4SSi. The number of aliphatic hydroxyl groups is 1. The van der Waals surface area contributed by atoms with Gasteiger partial charge in [0, 0.05) is 6.20 Å². The Bertz CT molecular complexity index is 1490. The van der Waals surface area contributed by atoms with E-state index in [2.05, 4.69) is 83.8 Å². The van der Waals surface area contributed by atoms with Gasteiger partial charge in [-0.05, 0) is 35.3 Å². The van der Waals surface area contributed by atoms with E-state index in [9.17, 15) is 5.11 Å². The molecule has 0 radical (unpaired) electrons. The molecular weight excluding hydrogens is 574 g/mol. The standard InChI is InChI=1S/C31H36ClN3O4SSi/c1-29(2,3)41(21-12-8-6-9-13-21,22-14-10-7-11-15-22)37-19-31(18-36)25-24(38-30(4,5)39-25)28(40-31)35-17-16-23-26(32)33-20-34-27(23)35/h6-17,20,24-25,28,36H,18-19H2,1-5H3/t24-,25+,28-,31?/m1/s1. The number of halogens is 1. The van der Waals surface area contributed by atoms with Gasteiger partial charge in [-0.15, -0.1) is 11.8 Å². The van der Waals surface area contributed by atoms with Crippen LogP contribution in [0, 0.1) is 0 Å². The fourth-order valence-corrected chi connectivity index (χ4v) is 13.0. The van der Waals surface area contributed by atoms with Crippen molar-refractivity contribution in [1.82, 2.24) is 14.5 Å². The van der Waals surface area contributed by atoms with Crippen molar-refractivity contribution in [2.45, 2.75) is 67.8 Å². The molecule has 41 heavy (non-hydrogen) atoms. The van der Waals surface area contributed by atoms with Crippen molar-refractivity contribution < 1.29 is 19.0 Å². The van der Waals surface area contributed by atoms with Crippen LogP contribution in [-0.4, -0.2) is 63.9 Å². The molecule has 2 aromatic carbocycles. The van der Waals surface area contributed by atoms with Gasteiger partial charge in [-0.2, -0.15) is 0 Å². The zero-order chi connectivity index (χ0) is 29.0. The van der Waals surface area contributed by atoms with Crippen molar-refractivity contribution >= 4 is 53.1 Å². The van der Waals surface area contributed by atoms with E-state index in [0.29, 0.717) is 5.15 Å². The van der Waals surface area contributed by atoms with Gasteiger partial charge in [-0.1, -0.05) is 93.0 Å². The number of rotatable bonds is 7. The molecule has 2 aliphatic rings. The predicted molar refractivity (Wildman–Crippen MR) is 166 cm³/mol. The smallest absolute Gasteiger partial charge is 0.261 e. The van der Waals surface area contributed by atoms with Gasteiger partial charge < -0.3 is 23.6 Å². The number of nitrogens with zero attached hydrogens (tertiary/aromatic N) is 3. The Morgan fingerprint density at radius 1 is 1.00 bits per heavy atom. The molecule has 4 aromatic rings. The third-order valence-electron chi connectivity index (χ3n) is 8.24. The highest BCUT2D eigenvalue weighted by Gasteiger charge is 2.64. The molecule has 6 rings (SSSR count). The van der Waals surface area contributed by atoms with E-state index in [0.717, 1.165) is 11.0 Å². The molecule has 2 fully saturated rings. The van der Waals surface area contributed by atoms with Crippen LogP contribution in [0.25, 0.3) is 11.0 Å². The van der Waals surface area contributed by atoms with Crippen molar-refractivity contribution in [2.24, 2.45) is 0 Å². The highest BCUT2D eigenvalue weighted by Crippen LogP contribution is 2.57. The van der Waals surface area contributed by atoms with Crippen LogP contribution in [0.15, 0.2) is 79.3 Å². The van der Waals surface area contributed by atoms with Gasteiger partial charge in [0.15, 0.2) is 5.79 Å². The summed E-state index contributed by atoms with van der Waals surface area (Å²) in [4.78, 5) is 8.68. The van der Waals surface area contributed by atoms with Gasteiger partial charge in [0.2, 0.25) is 0 Å². The lowest BCUT2D eigenvalue weighted by molar-refractivity contribution is -0.153. The topological polar surface area (TPSA) is 78.6 Å². The lowest BCUT2D eigenvalue weighted by Crippen LogP contribution is -2.68. The quantitative estimate of drug-likeness (QED) is 0.229. The number of fused-ring (bicyclic) bond motifs is 2. The van der Waals surface area contributed by atoms with Crippen molar-refractivity contribution in [3.63, 3.8) is 0 Å². The number of hydrogen-bond acceptors (Lipinski definition) is 7. The summed E-state index contributed by atoms with van der Waals surface area (Å²) in [5.74, 6) is -0.817. The third kappa shape index (κ3) is 4.76. The first kappa shape index (κ1) is 28.9. The molecule has 4 heterocycles. The van der Waals surface area contributed by atoms with E-state index in [1.54, 1.807) is 11.8 Å². The summed E-state index contributed by atoms with van der Waals surface area (Å²) in [6.45, 7) is 10.8. The molecule has 4 atom stereocenters. The first-order chi connectivity index (χ1) is 19.5. The first-order valence-corrected chi connectivity index (χ1v) is 17.0. The number of ether oxygens (including phenoxy) is 2. The summed E-state index contributed by atoms with van der Waals surface area (Å²) >= 11 is 8.02. The molecule has 2 aromatic heterocycles. The van der Waals surface area contributed by atoms with Crippen molar-refractivity contribution in [3.05, 3.63) is 84.4 Å². The van der Waals surface area contributed by atoms with E-state index in [-0.39, 0.29) is 29.7 Å². The maximum Gasteiger partial charge on any atom is 0.261 e. The molecule has 0 saturated carbocycles. The number of benzene rings is 2. The van der Waals surface area contributed by atoms with Gasteiger partial charge >= 0.3 is 0 Å². The number of aromatic nitrogens is 3. The molecule has 2 saturated heterocycles. The van der Waals surface area contributed by atoms with Crippen LogP contribution in [0.4, 0.5) is 0 Å². The highest BCUT2D eigenvalue weighted by atomic mass is 35.5. The molecule has 216 valence electrons. The Morgan fingerprint density at radius 2 is 1.63 bits per heavy atom. The summed E-state index contributed by atoms with van der Waals surface area (Å²) in [7, 11) is -2.86. The maximum absolute atomic E-state index is 11.2. The fraction of sp³-hybridized carbons (Fsp3) is 0.419. The molecule has 0 bridgehead atoms. The molecule has 1 unspecified atom stereocenters. The Balaban J connectivity index is 1.44. The van der Waals surface area contributed by atoms with Gasteiger partial charge in [-0.25, -0.2) is 9.97 Å². The van der Waals surface area contributed by atoms with Crippen LogP contribution in [0.2, 0.25) is 10.2 Å². The zero-order valence-electron chi connectivity index (χ0n) is 24.0. The number of hydrogen-bond donors (Lipinski definition) is 1. The minimum Gasteiger partial charge on any atom is -0.406 e. The van der Waals surface area contributed by atoms with Crippen LogP contribution in [0.1, 0.15) is 40.0 Å². The largest absolute Gasteiger partial charge is 0.406 e. The lowest BCUT2D eigenvalue weighted by Gasteiger charge is -2.45. The van der Waals surface area contributed by atoms with Gasteiger partial charge in [0.05, 0.1) is 23.3 Å². The molecule has 0 spiro atoms. The second-order valence-corrected chi connectivity index (χ2v) is 18.5. The summed E-state index contributed by atoms with van der Waals surface area (Å²) in [5.41, 5.74) is 0.719. The summed E-state index contributed by atoms with van der Waals surface area (Å²) in [6.07, 6.45) is 2.68. The SMILES string of the molecule is CC1(C)O[C@H]2[C@H](n3ccc4c(Cl)ncnc43)SC(CO)(CO[Si](c3ccccc3)(c3ccccc3)C(C)(C)C)[C@H]2O1. The van der Waals surface area contributed by atoms with E-state index in [1.165, 1.54) is 16.7 Å². The molecule has 7 nitrogen and oxygen atoms in total. The average molecular weight is 610 g/mol. The molecule has 0 aliphatic carbocycles. The fourth-order valence-electron chi connectivity index (χ4n) is 6.42. The molecule has 2 aliphatic heterocycles. The van der Waals surface area contributed by atoms with Gasteiger partial charge in [0.25, 0.3) is 8.32 Å². The van der Waals surface area contributed by atoms with E-state index >= 15 is 0 Å². The maximum atomic E-state index is 11.2. The van der Waals surface area contributed by atoms with E-state index in [4.69, 9.17) is 25.5 Å². The molecule has 10 heteroatoms. The van der Waals surface area contributed by atoms with Gasteiger partial charge in [0.1, 0.15) is 34.7 Å². The third-order valence-corrected chi connectivity index (χ3v) is 15.2. The molecule has 0 amide bonds. The highest BCUT2D eigenvalue weighted by molar-refractivity contribution is 8.01. The second-order valence-electron chi connectivity index (χ2n) is 12.3. The van der Waals surface area contributed by atoms with Crippen LogP contribution in [0.3, 0.4) is 0 Å². The first-order valence-electron chi connectivity index (χ1n) is 13.9. The second kappa shape index (κ2) is 10.5. The summed E-state index contributed by atoms with van der Waals surface area (Å²) < 4.78 is 21.7.